The number of para-hydroxylation sites is 2. The number of hydrogen-bond donors (Lipinski definition) is 1. The summed E-state index contributed by atoms with van der Waals surface area (Å²) in [6, 6.07) is 66.3. The van der Waals surface area contributed by atoms with Gasteiger partial charge in [-0.15, -0.1) is 0 Å². The van der Waals surface area contributed by atoms with Crippen molar-refractivity contribution in [2.24, 2.45) is 0 Å². The van der Waals surface area contributed by atoms with Gasteiger partial charge in [-0.25, -0.2) is 0 Å². The summed E-state index contributed by atoms with van der Waals surface area (Å²) in [4.78, 5) is 0. The third-order valence-electron chi connectivity index (χ3n) is 10.1. The van der Waals surface area contributed by atoms with Gasteiger partial charge in [-0.3, -0.25) is 0 Å². The summed E-state index contributed by atoms with van der Waals surface area (Å²) in [5, 5.41) is 5.97. The molecule has 2 heterocycles. The molecule has 10 rings (SSSR count). The van der Waals surface area contributed by atoms with Crippen LogP contribution in [0.5, 0.6) is 5.75 Å². The van der Waals surface area contributed by atoms with Gasteiger partial charge in [-0.1, -0.05) is 152 Å². The fourth-order valence-electron chi connectivity index (χ4n) is 7.50. The van der Waals surface area contributed by atoms with Crippen molar-refractivity contribution in [2.75, 3.05) is 5.32 Å². The van der Waals surface area contributed by atoms with E-state index in [0.29, 0.717) is 0 Å². The van der Waals surface area contributed by atoms with Gasteiger partial charge in [0, 0.05) is 27.5 Å². The predicted octanol–water partition coefficient (Wildman–Crippen LogP) is 13.4. The van der Waals surface area contributed by atoms with E-state index in [1.165, 1.54) is 22.3 Å². The summed E-state index contributed by atoms with van der Waals surface area (Å²) >= 11 is 0. The highest BCUT2D eigenvalue weighted by Crippen LogP contribution is 2.49. The van der Waals surface area contributed by atoms with Crippen molar-refractivity contribution in [3.05, 3.63) is 194 Å². The Morgan fingerprint density at radius 3 is 1.56 bits per heavy atom. The van der Waals surface area contributed by atoms with Crippen LogP contribution in [0.3, 0.4) is 0 Å². The number of anilines is 1. The van der Waals surface area contributed by atoms with Crippen LogP contribution in [-0.4, -0.2) is 0 Å². The maximum atomic E-state index is 6.82. The normalized spacial score (nSPS) is 13.5. The molecule has 1 N–H and O–H groups in total. The van der Waals surface area contributed by atoms with Gasteiger partial charge >= 0.3 is 0 Å². The topological polar surface area (TPSA) is 34.4 Å². The van der Waals surface area contributed by atoms with Crippen LogP contribution in [-0.2, 0) is 0 Å². The zero-order valence-corrected chi connectivity index (χ0v) is 28.3. The Morgan fingerprint density at radius 1 is 0.385 bits per heavy atom. The zero-order valence-electron chi connectivity index (χ0n) is 28.3. The van der Waals surface area contributed by atoms with Crippen LogP contribution in [0.25, 0.3) is 77.6 Å². The van der Waals surface area contributed by atoms with E-state index < -0.39 is 0 Å². The molecule has 1 aliphatic heterocycles. The summed E-state index contributed by atoms with van der Waals surface area (Å²) < 4.78 is 13.4. The first-order valence-corrected chi connectivity index (χ1v) is 17.7. The smallest absolute Gasteiger partial charge is 0.196 e. The molecule has 52 heavy (non-hydrogen) atoms. The number of hydrogen-bond acceptors (Lipinski definition) is 3. The Morgan fingerprint density at radius 2 is 0.904 bits per heavy atom. The lowest BCUT2D eigenvalue weighted by molar-refractivity contribution is 0.260. The lowest BCUT2D eigenvalue weighted by Gasteiger charge is -2.14. The highest BCUT2D eigenvalue weighted by molar-refractivity contribution is 6.11. The molecule has 8 aromatic carbocycles. The molecule has 0 aliphatic carbocycles. The van der Waals surface area contributed by atoms with E-state index in [-0.39, 0.29) is 6.23 Å². The van der Waals surface area contributed by atoms with Crippen LogP contribution in [0.2, 0.25) is 0 Å². The highest BCUT2D eigenvalue weighted by atomic mass is 16.5. The van der Waals surface area contributed by atoms with Gasteiger partial charge < -0.3 is 14.5 Å². The summed E-state index contributed by atoms with van der Waals surface area (Å²) in [6.07, 6.45) is -0.348. The number of benzene rings is 8. The van der Waals surface area contributed by atoms with E-state index >= 15 is 0 Å². The molecular formula is C49H33NO2. The Labute approximate surface area is 302 Å². The minimum absolute atomic E-state index is 0.348. The largest absolute Gasteiger partial charge is 0.464 e. The van der Waals surface area contributed by atoms with Crippen LogP contribution in [0.1, 0.15) is 11.8 Å². The van der Waals surface area contributed by atoms with Crippen molar-refractivity contribution in [3.8, 4) is 61.4 Å². The average Bonchev–Trinajstić information content (AvgIpc) is 3.84. The van der Waals surface area contributed by atoms with E-state index in [1.807, 2.05) is 18.2 Å². The second kappa shape index (κ2) is 12.5. The minimum atomic E-state index is -0.348. The minimum Gasteiger partial charge on any atom is -0.464 e. The standard InChI is InChI=1S/C49H33NO2/c1-4-13-32(14-5-1)35-23-25-36(26-24-35)49-50-47-44(43-21-12-20-42-41-19-10-11-22-45(41)51-48(42)43)30-40(31-46(47)52-49)39-28-37(33-15-6-2-7-16-33)27-38(29-39)34-17-8-3-9-18-34/h1-31,49-50H. The van der Waals surface area contributed by atoms with Gasteiger partial charge in [0.2, 0.25) is 0 Å². The van der Waals surface area contributed by atoms with Crippen LogP contribution >= 0.6 is 0 Å². The lowest BCUT2D eigenvalue weighted by Crippen LogP contribution is -2.10. The van der Waals surface area contributed by atoms with Crippen molar-refractivity contribution >= 4 is 27.6 Å². The van der Waals surface area contributed by atoms with Gasteiger partial charge in [0.25, 0.3) is 0 Å². The molecule has 0 radical (unpaired) electrons. The highest BCUT2D eigenvalue weighted by Gasteiger charge is 2.29. The van der Waals surface area contributed by atoms with E-state index in [2.05, 4.69) is 175 Å². The third kappa shape index (κ3) is 5.31. The maximum absolute atomic E-state index is 6.82. The SMILES string of the molecule is c1ccc(-c2ccc(C3Nc4c(cc(-c5cc(-c6ccccc6)cc(-c6ccccc6)c5)cc4-c4cccc5c4oc4ccccc45)O3)cc2)cc1. The van der Waals surface area contributed by atoms with Crippen molar-refractivity contribution in [1.82, 2.24) is 0 Å². The second-order valence-corrected chi connectivity index (χ2v) is 13.3. The molecule has 3 nitrogen and oxygen atoms in total. The first kappa shape index (κ1) is 30.0. The van der Waals surface area contributed by atoms with Gasteiger partial charge in [0.1, 0.15) is 16.9 Å². The van der Waals surface area contributed by atoms with E-state index in [9.17, 15) is 0 Å². The summed E-state index contributed by atoms with van der Waals surface area (Å²) in [5.74, 6) is 0.809. The van der Waals surface area contributed by atoms with Crippen LogP contribution < -0.4 is 10.1 Å². The van der Waals surface area contributed by atoms with E-state index in [1.54, 1.807) is 0 Å². The molecule has 0 saturated carbocycles. The molecular weight excluding hydrogens is 635 g/mol. The van der Waals surface area contributed by atoms with Crippen LogP contribution in [0.15, 0.2) is 192 Å². The van der Waals surface area contributed by atoms with Gasteiger partial charge in [-0.2, -0.15) is 0 Å². The van der Waals surface area contributed by atoms with Gasteiger partial charge in [-0.05, 0) is 80.9 Å². The van der Waals surface area contributed by atoms with Gasteiger partial charge in [0.15, 0.2) is 6.23 Å². The van der Waals surface area contributed by atoms with Crippen molar-refractivity contribution in [1.29, 1.82) is 0 Å². The molecule has 1 unspecified atom stereocenters. The molecule has 0 amide bonds. The molecule has 3 heteroatoms. The fraction of sp³-hybridized carbons (Fsp3) is 0.0204. The quantitative estimate of drug-likeness (QED) is 0.192. The predicted molar refractivity (Wildman–Crippen MR) is 214 cm³/mol. The van der Waals surface area contributed by atoms with Gasteiger partial charge in [0.05, 0.1) is 5.69 Å². The van der Waals surface area contributed by atoms with E-state index in [0.717, 1.165) is 72.3 Å². The summed E-state index contributed by atoms with van der Waals surface area (Å²) in [6.45, 7) is 0. The molecule has 1 aromatic heterocycles. The summed E-state index contributed by atoms with van der Waals surface area (Å²) in [5.41, 5.74) is 15.0. The zero-order chi connectivity index (χ0) is 34.4. The Bertz CT molecular complexity index is 2660. The molecule has 1 atom stereocenters. The number of furan rings is 1. The fourth-order valence-corrected chi connectivity index (χ4v) is 7.50. The first-order chi connectivity index (χ1) is 25.7. The molecule has 0 fully saturated rings. The van der Waals surface area contributed by atoms with Crippen LogP contribution in [0, 0.1) is 0 Å². The number of nitrogens with one attached hydrogen (secondary N) is 1. The number of rotatable bonds is 6. The molecule has 0 spiro atoms. The third-order valence-corrected chi connectivity index (χ3v) is 10.1. The van der Waals surface area contributed by atoms with Crippen molar-refractivity contribution in [3.63, 3.8) is 0 Å². The monoisotopic (exact) mass is 667 g/mol. The Balaban J connectivity index is 1.15. The Hall–Kier alpha value is -6.84. The van der Waals surface area contributed by atoms with Crippen molar-refractivity contribution < 1.29 is 9.15 Å². The lowest BCUT2D eigenvalue weighted by atomic mass is 9.91. The molecule has 9 aromatic rings. The van der Waals surface area contributed by atoms with Crippen molar-refractivity contribution in [2.45, 2.75) is 6.23 Å². The molecule has 0 saturated heterocycles. The summed E-state index contributed by atoms with van der Waals surface area (Å²) in [7, 11) is 0. The number of fused-ring (bicyclic) bond motifs is 4. The molecule has 0 bridgehead atoms. The second-order valence-electron chi connectivity index (χ2n) is 13.3. The molecule has 246 valence electrons. The average molecular weight is 668 g/mol. The van der Waals surface area contributed by atoms with E-state index in [4.69, 9.17) is 9.15 Å². The van der Waals surface area contributed by atoms with Crippen LogP contribution in [0.4, 0.5) is 5.69 Å². The maximum Gasteiger partial charge on any atom is 0.196 e. The number of ether oxygens (including phenoxy) is 1. The molecule has 1 aliphatic rings. The Kier molecular flexibility index (Phi) is 7.21. The first-order valence-electron chi connectivity index (χ1n) is 17.7.